The molecule has 0 atom stereocenters. The normalized spacial score (nSPS) is 16.7. The second kappa shape index (κ2) is 8.89. The number of fused-ring (bicyclic) bond motifs is 1. The van der Waals surface area contributed by atoms with Crippen molar-refractivity contribution in [3.8, 4) is 23.0 Å². The van der Waals surface area contributed by atoms with E-state index in [2.05, 4.69) is 16.8 Å². The maximum atomic E-state index is 13.7. The Bertz CT molecular complexity index is 1270. The zero-order valence-electron chi connectivity index (χ0n) is 18.2. The first-order valence-electron chi connectivity index (χ1n) is 10.8. The van der Waals surface area contributed by atoms with Crippen LogP contribution in [0.3, 0.4) is 0 Å². The molecule has 1 aromatic heterocycles. The molecule has 2 aromatic carbocycles. The fraction of sp³-hybridized carbons (Fsp3) is 0.348. The van der Waals surface area contributed by atoms with Gasteiger partial charge < -0.3 is 23.7 Å². The summed E-state index contributed by atoms with van der Waals surface area (Å²) in [5.41, 5.74) is 0.611. The summed E-state index contributed by atoms with van der Waals surface area (Å²) in [7, 11) is -4.00. The van der Waals surface area contributed by atoms with Gasteiger partial charge in [-0.2, -0.15) is 4.98 Å². The minimum absolute atomic E-state index is 0.0751. The molecule has 0 radical (unpaired) electrons. The average molecular weight is 490 g/mol. The van der Waals surface area contributed by atoms with Crippen molar-refractivity contribution < 1.29 is 22.3 Å². The Morgan fingerprint density at radius 2 is 1.76 bits per heavy atom. The Balaban J connectivity index is 1.59. The summed E-state index contributed by atoms with van der Waals surface area (Å²) < 4.78 is 44.7. The van der Waals surface area contributed by atoms with Gasteiger partial charge in [-0.3, -0.25) is 0 Å². The van der Waals surface area contributed by atoms with E-state index in [1.165, 1.54) is 12.1 Å². The maximum absolute atomic E-state index is 13.7. The molecule has 10 heteroatoms. The lowest BCUT2D eigenvalue weighted by Crippen LogP contribution is -2.46. The quantitative estimate of drug-likeness (QED) is 0.536. The van der Waals surface area contributed by atoms with Gasteiger partial charge in [0.2, 0.25) is 26.6 Å². The number of sulfone groups is 1. The van der Waals surface area contributed by atoms with Gasteiger partial charge in [0.1, 0.15) is 13.2 Å². The van der Waals surface area contributed by atoms with Gasteiger partial charge in [0.15, 0.2) is 11.5 Å². The molecule has 5 rings (SSSR count). The predicted octanol–water partition coefficient (Wildman–Crippen LogP) is 3.74. The van der Waals surface area contributed by atoms with E-state index in [0.717, 1.165) is 19.6 Å². The number of likely N-dealkylation sites (N-methyl/N-ethyl adjacent to an activating group) is 1. The monoisotopic (exact) mass is 489 g/mol. The summed E-state index contributed by atoms with van der Waals surface area (Å²) in [6.45, 7) is 6.76. The Labute approximate surface area is 197 Å². The molecular weight excluding hydrogens is 466 g/mol. The Morgan fingerprint density at radius 1 is 1.00 bits per heavy atom. The van der Waals surface area contributed by atoms with Crippen LogP contribution in [0.2, 0.25) is 5.02 Å². The van der Waals surface area contributed by atoms with Crippen molar-refractivity contribution in [2.24, 2.45) is 0 Å². The second-order valence-corrected chi connectivity index (χ2v) is 10.2. The molecule has 0 unspecified atom stereocenters. The van der Waals surface area contributed by atoms with Crippen molar-refractivity contribution in [1.82, 2.24) is 9.88 Å². The number of benzene rings is 2. The number of aromatic nitrogens is 1. The number of hydrogen-bond acceptors (Lipinski definition) is 8. The number of oxazole rings is 1. The number of halogens is 1. The van der Waals surface area contributed by atoms with Crippen LogP contribution in [0.25, 0.3) is 11.5 Å². The summed E-state index contributed by atoms with van der Waals surface area (Å²) in [5, 5.41) is 0.402. The maximum Gasteiger partial charge on any atom is 0.236 e. The molecule has 0 bridgehead atoms. The fourth-order valence-electron chi connectivity index (χ4n) is 3.99. The van der Waals surface area contributed by atoms with Crippen LogP contribution in [0.4, 0.5) is 5.88 Å². The van der Waals surface area contributed by atoms with E-state index in [1.54, 1.807) is 30.3 Å². The SMILES string of the molecule is CCN1CCN(c2oc(-c3cccc(Cl)c3)nc2S(=O)(=O)c2ccc3c(c2)OCCO3)CC1. The zero-order valence-corrected chi connectivity index (χ0v) is 19.7. The molecule has 8 nitrogen and oxygen atoms in total. The third kappa shape index (κ3) is 4.28. The summed E-state index contributed by atoms with van der Waals surface area (Å²) in [4.78, 5) is 8.78. The molecule has 0 N–H and O–H groups in total. The molecule has 0 aliphatic carbocycles. The van der Waals surface area contributed by atoms with Crippen LogP contribution in [0.15, 0.2) is 56.8 Å². The Hall–Kier alpha value is -2.75. The first-order chi connectivity index (χ1) is 16.0. The minimum atomic E-state index is -4.00. The van der Waals surface area contributed by atoms with E-state index in [1.807, 2.05) is 4.90 Å². The smallest absolute Gasteiger partial charge is 0.236 e. The molecule has 2 aliphatic heterocycles. The number of ether oxygens (including phenoxy) is 2. The molecule has 174 valence electrons. The van der Waals surface area contributed by atoms with Crippen LogP contribution in [0, 0.1) is 0 Å². The van der Waals surface area contributed by atoms with Gasteiger partial charge in [0.05, 0.1) is 4.90 Å². The molecule has 0 amide bonds. The molecular formula is C23H24ClN3O5S. The van der Waals surface area contributed by atoms with Gasteiger partial charge in [-0.25, -0.2) is 8.42 Å². The number of anilines is 1. The lowest BCUT2D eigenvalue weighted by atomic mass is 10.2. The molecule has 0 spiro atoms. The van der Waals surface area contributed by atoms with Crippen molar-refractivity contribution in [3.05, 3.63) is 47.5 Å². The Kier molecular flexibility index (Phi) is 5.94. The first-order valence-corrected chi connectivity index (χ1v) is 12.7. The third-order valence-electron chi connectivity index (χ3n) is 5.84. The lowest BCUT2D eigenvalue weighted by molar-refractivity contribution is 0.171. The van der Waals surface area contributed by atoms with E-state index in [4.69, 9.17) is 25.5 Å². The predicted molar refractivity (Wildman–Crippen MR) is 124 cm³/mol. The van der Waals surface area contributed by atoms with Crippen LogP contribution in [-0.4, -0.2) is 64.2 Å². The van der Waals surface area contributed by atoms with Gasteiger partial charge in [-0.15, -0.1) is 0 Å². The molecule has 33 heavy (non-hydrogen) atoms. The van der Waals surface area contributed by atoms with E-state index in [0.29, 0.717) is 48.4 Å². The van der Waals surface area contributed by atoms with E-state index in [9.17, 15) is 8.42 Å². The number of rotatable bonds is 5. The number of nitrogens with zero attached hydrogens (tertiary/aromatic N) is 3. The first kappa shape index (κ1) is 22.1. The van der Waals surface area contributed by atoms with Crippen molar-refractivity contribution >= 4 is 27.3 Å². The minimum Gasteiger partial charge on any atom is -0.486 e. The highest BCUT2D eigenvalue weighted by Crippen LogP contribution is 2.38. The highest BCUT2D eigenvalue weighted by Gasteiger charge is 2.33. The molecule has 1 saturated heterocycles. The van der Waals surface area contributed by atoms with E-state index in [-0.39, 0.29) is 21.7 Å². The number of hydrogen-bond donors (Lipinski definition) is 0. The van der Waals surface area contributed by atoms with Crippen LogP contribution in [-0.2, 0) is 9.84 Å². The summed E-state index contributed by atoms with van der Waals surface area (Å²) >= 11 is 6.15. The average Bonchev–Trinajstić information content (AvgIpc) is 3.30. The van der Waals surface area contributed by atoms with Crippen LogP contribution in [0.1, 0.15) is 6.92 Å². The molecule has 3 aromatic rings. The van der Waals surface area contributed by atoms with Gasteiger partial charge >= 0.3 is 0 Å². The zero-order chi connectivity index (χ0) is 23.0. The standard InChI is InChI=1S/C23H24ClN3O5S/c1-2-26-8-10-27(11-9-26)23-22(25-21(32-23)16-4-3-5-17(24)14-16)33(28,29)18-6-7-19-20(15-18)31-13-12-30-19/h3-7,14-15H,2,8-13H2,1H3. The van der Waals surface area contributed by atoms with Gasteiger partial charge in [0.25, 0.3) is 0 Å². The van der Waals surface area contributed by atoms with Gasteiger partial charge in [0, 0.05) is 42.8 Å². The van der Waals surface area contributed by atoms with Crippen molar-refractivity contribution in [2.75, 3.05) is 50.8 Å². The molecule has 0 saturated carbocycles. The lowest BCUT2D eigenvalue weighted by Gasteiger charge is -2.33. The molecule has 2 aliphatic rings. The van der Waals surface area contributed by atoms with Crippen LogP contribution in [0.5, 0.6) is 11.5 Å². The van der Waals surface area contributed by atoms with Gasteiger partial charge in [-0.1, -0.05) is 24.6 Å². The Morgan fingerprint density at radius 3 is 2.48 bits per heavy atom. The topological polar surface area (TPSA) is 85.1 Å². The molecule has 3 heterocycles. The largest absolute Gasteiger partial charge is 0.486 e. The second-order valence-electron chi connectivity index (χ2n) is 7.87. The van der Waals surface area contributed by atoms with E-state index < -0.39 is 9.84 Å². The highest BCUT2D eigenvalue weighted by atomic mass is 35.5. The van der Waals surface area contributed by atoms with Crippen molar-refractivity contribution in [2.45, 2.75) is 16.8 Å². The number of piperazine rings is 1. The summed E-state index contributed by atoms with van der Waals surface area (Å²) in [6, 6.07) is 11.6. The summed E-state index contributed by atoms with van der Waals surface area (Å²) in [6.07, 6.45) is 0. The van der Waals surface area contributed by atoms with E-state index >= 15 is 0 Å². The summed E-state index contributed by atoms with van der Waals surface area (Å²) in [5.74, 6) is 1.38. The van der Waals surface area contributed by atoms with Crippen LogP contribution >= 0.6 is 11.6 Å². The fourth-order valence-corrected chi connectivity index (χ4v) is 5.51. The highest BCUT2D eigenvalue weighted by molar-refractivity contribution is 7.91. The van der Waals surface area contributed by atoms with Crippen LogP contribution < -0.4 is 14.4 Å². The third-order valence-corrected chi connectivity index (χ3v) is 7.72. The van der Waals surface area contributed by atoms with Crippen molar-refractivity contribution in [3.63, 3.8) is 0 Å². The van der Waals surface area contributed by atoms with Gasteiger partial charge in [-0.05, 0) is 36.9 Å². The molecule has 1 fully saturated rings. The van der Waals surface area contributed by atoms with Crippen molar-refractivity contribution in [1.29, 1.82) is 0 Å².